The van der Waals surface area contributed by atoms with Gasteiger partial charge in [-0.25, -0.2) is 0 Å². The van der Waals surface area contributed by atoms with Gasteiger partial charge in [0.25, 0.3) is 0 Å². The van der Waals surface area contributed by atoms with Crippen LogP contribution in [0.2, 0.25) is 0 Å². The minimum Gasteiger partial charge on any atom is -0.381 e. The van der Waals surface area contributed by atoms with Crippen molar-refractivity contribution < 1.29 is 9.53 Å². The molecule has 2 fully saturated rings. The first kappa shape index (κ1) is 12.8. The summed E-state index contributed by atoms with van der Waals surface area (Å²) in [4.78, 5) is 12.1. The van der Waals surface area contributed by atoms with Gasteiger partial charge in [-0.15, -0.1) is 0 Å². The fraction of sp³-hybridized carbons (Fsp3) is 0.923. The molecule has 2 aliphatic rings. The SMILES string of the molecule is CC(NC(=O)C1CCNC1C)C1CCOCC1. The minimum atomic E-state index is 0.150. The highest BCUT2D eigenvalue weighted by Gasteiger charge is 2.31. The standard InChI is InChI=1S/C13H24N2O2/c1-9(11-4-7-17-8-5-11)15-13(16)12-3-6-14-10(12)2/h9-12,14H,3-8H2,1-2H3,(H,15,16). The fourth-order valence-electron chi connectivity index (χ4n) is 2.88. The van der Waals surface area contributed by atoms with Crippen molar-refractivity contribution in [2.75, 3.05) is 19.8 Å². The van der Waals surface area contributed by atoms with E-state index in [9.17, 15) is 4.79 Å². The van der Waals surface area contributed by atoms with E-state index in [0.717, 1.165) is 39.0 Å². The third kappa shape index (κ3) is 3.19. The smallest absolute Gasteiger partial charge is 0.224 e. The lowest BCUT2D eigenvalue weighted by Gasteiger charge is -2.29. The van der Waals surface area contributed by atoms with Gasteiger partial charge in [-0.1, -0.05) is 0 Å². The van der Waals surface area contributed by atoms with E-state index in [-0.39, 0.29) is 17.9 Å². The van der Waals surface area contributed by atoms with E-state index >= 15 is 0 Å². The maximum atomic E-state index is 12.1. The van der Waals surface area contributed by atoms with Crippen molar-refractivity contribution in [3.63, 3.8) is 0 Å². The number of hydrogen-bond donors (Lipinski definition) is 2. The van der Waals surface area contributed by atoms with Crippen LogP contribution in [-0.4, -0.2) is 37.7 Å². The molecule has 17 heavy (non-hydrogen) atoms. The second-order valence-electron chi connectivity index (χ2n) is 5.39. The third-order valence-electron chi connectivity index (χ3n) is 4.20. The number of rotatable bonds is 3. The van der Waals surface area contributed by atoms with Gasteiger partial charge in [-0.3, -0.25) is 4.79 Å². The Morgan fingerprint density at radius 3 is 2.65 bits per heavy atom. The van der Waals surface area contributed by atoms with Gasteiger partial charge in [0.05, 0.1) is 5.92 Å². The lowest BCUT2D eigenvalue weighted by molar-refractivity contribution is -0.126. The zero-order valence-corrected chi connectivity index (χ0v) is 10.9. The summed E-state index contributed by atoms with van der Waals surface area (Å²) in [5.41, 5.74) is 0. The molecule has 2 heterocycles. The summed E-state index contributed by atoms with van der Waals surface area (Å²) >= 11 is 0. The quantitative estimate of drug-likeness (QED) is 0.771. The lowest BCUT2D eigenvalue weighted by atomic mass is 9.92. The first-order valence-corrected chi connectivity index (χ1v) is 6.80. The first-order valence-electron chi connectivity index (χ1n) is 6.80. The molecule has 0 aromatic carbocycles. The maximum Gasteiger partial charge on any atom is 0.224 e. The van der Waals surface area contributed by atoms with Crippen LogP contribution in [0.15, 0.2) is 0 Å². The molecule has 1 amide bonds. The van der Waals surface area contributed by atoms with E-state index in [4.69, 9.17) is 4.74 Å². The topological polar surface area (TPSA) is 50.4 Å². The van der Waals surface area contributed by atoms with Crippen LogP contribution in [0, 0.1) is 11.8 Å². The van der Waals surface area contributed by atoms with E-state index in [0.29, 0.717) is 12.0 Å². The number of nitrogens with one attached hydrogen (secondary N) is 2. The largest absolute Gasteiger partial charge is 0.381 e. The fourth-order valence-corrected chi connectivity index (χ4v) is 2.88. The highest BCUT2D eigenvalue weighted by atomic mass is 16.5. The normalized spacial score (nSPS) is 32.4. The molecule has 98 valence electrons. The highest BCUT2D eigenvalue weighted by Crippen LogP contribution is 2.20. The van der Waals surface area contributed by atoms with Crippen LogP contribution in [0.5, 0.6) is 0 Å². The monoisotopic (exact) mass is 240 g/mol. The number of carbonyl (C=O) groups is 1. The van der Waals surface area contributed by atoms with E-state index in [1.165, 1.54) is 0 Å². The Labute approximate surface area is 103 Å². The van der Waals surface area contributed by atoms with Crippen molar-refractivity contribution in [1.82, 2.24) is 10.6 Å². The number of ether oxygens (including phenoxy) is 1. The Kier molecular flexibility index (Phi) is 4.40. The molecule has 2 aliphatic heterocycles. The molecule has 2 rings (SSSR count). The minimum absolute atomic E-state index is 0.150. The second-order valence-corrected chi connectivity index (χ2v) is 5.39. The Bertz CT molecular complexity index is 264. The molecule has 0 spiro atoms. The summed E-state index contributed by atoms with van der Waals surface area (Å²) in [6.07, 6.45) is 3.10. The van der Waals surface area contributed by atoms with Gasteiger partial charge in [-0.2, -0.15) is 0 Å². The van der Waals surface area contributed by atoms with E-state index in [2.05, 4.69) is 24.5 Å². The molecule has 0 saturated carbocycles. The van der Waals surface area contributed by atoms with Crippen molar-refractivity contribution in [1.29, 1.82) is 0 Å². The van der Waals surface area contributed by atoms with Crippen molar-refractivity contribution in [2.24, 2.45) is 11.8 Å². The molecule has 0 bridgehead atoms. The molecule has 4 heteroatoms. The molecule has 3 unspecified atom stereocenters. The van der Waals surface area contributed by atoms with Gasteiger partial charge >= 0.3 is 0 Å². The summed E-state index contributed by atoms with van der Waals surface area (Å²) in [5.74, 6) is 0.955. The molecule has 0 radical (unpaired) electrons. The zero-order valence-electron chi connectivity index (χ0n) is 10.9. The zero-order chi connectivity index (χ0) is 12.3. The Morgan fingerprint density at radius 2 is 2.06 bits per heavy atom. The molecular formula is C13H24N2O2. The highest BCUT2D eigenvalue weighted by molar-refractivity contribution is 5.80. The van der Waals surface area contributed by atoms with Crippen LogP contribution in [0.25, 0.3) is 0 Å². The summed E-state index contributed by atoms with van der Waals surface area (Å²) in [6, 6.07) is 0.594. The van der Waals surface area contributed by atoms with Crippen molar-refractivity contribution >= 4 is 5.91 Å². The molecule has 2 saturated heterocycles. The predicted octanol–water partition coefficient (Wildman–Crippen LogP) is 0.916. The third-order valence-corrected chi connectivity index (χ3v) is 4.20. The summed E-state index contributed by atoms with van der Waals surface area (Å²) in [7, 11) is 0. The van der Waals surface area contributed by atoms with Crippen LogP contribution in [0.1, 0.15) is 33.1 Å². The van der Waals surface area contributed by atoms with Gasteiger partial charge in [0.2, 0.25) is 5.91 Å². The average Bonchev–Trinajstić information content (AvgIpc) is 2.76. The van der Waals surface area contributed by atoms with Crippen LogP contribution >= 0.6 is 0 Å². The summed E-state index contributed by atoms with van der Waals surface area (Å²) in [6.45, 7) is 6.86. The maximum absolute atomic E-state index is 12.1. The van der Waals surface area contributed by atoms with Gasteiger partial charge in [0, 0.05) is 25.3 Å². The molecule has 4 nitrogen and oxygen atoms in total. The first-order chi connectivity index (χ1) is 8.18. The van der Waals surface area contributed by atoms with Crippen molar-refractivity contribution in [3.05, 3.63) is 0 Å². The molecule has 0 aliphatic carbocycles. The number of carbonyl (C=O) groups excluding carboxylic acids is 1. The molecule has 3 atom stereocenters. The average molecular weight is 240 g/mol. The van der Waals surface area contributed by atoms with Crippen molar-refractivity contribution in [3.8, 4) is 0 Å². The van der Waals surface area contributed by atoms with Crippen LogP contribution in [-0.2, 0) is 9.53 Å². The van der Waals surface area contributed by atoms with Crippen LogP contribution in [0.4, 0.5) is 0 Å². The Hall–Kier alpha value is -0.610. The van der Waals surface area contributed by atoms with Gasteiger partial charge in [0.15, 0.2) is 0 Å². The van der Waals surface area contributed by atoms with Crippen molar-refractivity contribution in [2.45, 2.75) is 45.2 Å². The van der Waals surface area contributed by atoms with Gasteiger partial charge in [-0.05, 0) is 45.6 Å². The van der Waals surface area contributed by atoms with Crippen LogP contribution in [0.3, 0.4) is 0 Å². The Balaban J connectivity index is 1.80. The lowest BCUT2D eigenvalue weighted by Crippen LogP contribution is -2.45. The van der Waals surface area contributed by atoms with Gasteiger partial charge < -0.3 is 15.4 Å². The molecular weight excluding hydrogens is 216 g/mol. The summed E-state index contributed by atoms with van der Waals surface area (Å²) < 4.78 is 5.35. The van der Waals surface area contributed by atoms with E-state index in [1.807, 2.05) is 0 Å². The van der Waals surface area contributed by atoms with E-state index in [1.54, 1.807) is 0 Å². The van der Waals surface area contributed by atoms with Gasteiger partial charge in [0.1, 0.15) is 0 Å². The second kappa shape index (κ2) is 5.83. The predicted molar refractivity (Wildman–Crippen MR) is 66.7 cm³/mol. The molecule has 2 N–H and O–H groups in total. The number of amides is 1. The Morgan fingerprint density at radius 1 is 1.35 bits per heavy atom. The molecule has 0 aromatic rings. The van der Waals surface area contributed by atoms with Crippen LogP contribution < -0.4 is 10.6 Å². The molecule has 0 aromatic heterocycles. The summed E-state index contributed by atoms with van der Waals surface area (Å²) in [5, 5.41) is 6.51. The van der Waals surface area contributed by atoms with E-state index < -0.39 is 0 Å². The number of hydrogen-bond acceptors (Lipinski definition) is 3.